The molecule has 3 rings (SSSR count). The number of nitrogens with zero attached hydrogens (tertiary/aromatic N) is 1. The summed E-state index contributed by atoms with van der Waals surface area (Å²) in [5, 5.41) is 3.62. The van der Waals surface area contributed by atoms with Gasteiger partial charge in [0.1, 0.15) is 11.5 Å². The van der Waals surface area contributed by atoms with Gasteiger partial charge in [-0.25, -0.2) is 0 Å². The van der Waals surface area contributed by atoms with E-state index in [0.717, 1.165) is 37.7 Å². The third-order valence-electron chi connectivity index (χ3n) is 4.79. The SMILES string of the molecule is COc1cccc(N2CC[C@@H](CNCc3ccccc3OC(C)C)C2)c1. The number of anilines is 1. The molecule has 4 nitrogen and oxygen atoms in total. The Hall–Kier alpha value is -2.20. The molecular formula is C22H30N2O2. The molecule has 1 fully saturated rings. The molecule has 1 aliphatic rings. The summed E-state index contributed by atoms with van der Waals surface area (Å²) in [6.07, 6.45) is 1.41. The molecule has 2 aromatic rings. The highest BCUT2D eigenvalue weighted by Gasteiger charge is 2.22. The summed E-state index contributed by atoms with van der Waals surface area (Å²) >= 11 is 0. The van der Waals surface area contributed by atoms with Crippen molar-refractivity contribution in [1.82, 2.24) is 5.32 Å². The second-order valence-corrected chi connectivity index (χ2v) is 7.21. The monoisotopic (exact) mass is 354 g/mol. The predicted molar refractivity (Wildman–Crippen MR) is 107 cm³/mol. The van der Waals surface area contributed by atoms with E-state index in [0.29, 0.717) is 5.92 Å². The van der Waals surface area contributed by atoms with Crippen molar-refractivity contribution in [3.05, 3.63) is 54.1 Å². The lowest BCUT2D eigenvalue weighted by atomic mass is 10.1. The predicted octanol–water partition coefficient (Wildman–Crippen LogP) is 4.10. The molecule has 140 valence electrons. The molecule has 26 heavy (non-hydrogen) atoms. The number of methoxy groups -OCH3 is 1. The molecule has 1 heterocycles. The first-order valence-corrected chi connectivity index (χ1v) is 9.50. The van der Waals surface area contributed by atoms with Crippen molar-refractivity contribution in [2.75, 3.05) is 31.6 Å². The normalized spacial score (nSPS) is 16.9. The summed E-state index contributed by atoms with van der Waals surface area (Å²) in [4.78, 5) is 2.45. The molecule has 0 bridgehead atoms. The molecule has 1 aliphatic heterocycles. The Labute approximate surface area is 157 Å². The van der Waals surface area contributed by atoms with Crippen molar-refractivity contribution < 1.29 is 9.47 Å². The molecule has 0 unspecified atom stereocenters. The number of rotatable bonds is 8. The Morgan fingerprint density at radius 1 is 1.15 bits per heavy atom. The maximum atomic E-state index is 5.90. The molecule has 0 aliphatic carbocycles. The van der Waals surface area contributed by atoms with Gasteiger partial charge in [-0.1, -0.05) is 24.3 Å². The molecule has 2 aromatic carbocycles. The van der Waals surface area contributed by atoms with E-state index in [1.807, 2.05) is 12.1 Å². The highest BCUT2D eigenvalue weighted by atomic mass is 16.5. The van der Waals surface area contributed by atoms with E-state index in [1.165, 1.54) is 17.7 Å². The minimum atomic E-state index is 0.197. The van der Waals surface area contributed by atoms with Crippen molar-refractivity contribution in [3.63, 3.8) is 0 Å². The van der Waals surface area contributed by atoms with Crippen LogP contribution in [0.25, 0.3) is 0 Å². The number of hydrogen-bond donors (Lipinski definition) is 1. The van der Waals surface area contributed by atoms with Gasteiger partial charge in [-0.3, -0.25) is 0 Å². The van der Waals surface area contributed by atoms with Gasteiger partial charge in [-0.2, -0.15) is 0 Å². The van der Waals surface area contributed by atoms with Crippen molar-refractivity contribution in [3.8, 4) is 11.5 Å². The van der Waals surface area contributed by atoms with Gasteiger partial charge in [-0.15, -0.1) is 0 Å². The summed E-state index contributed by atoms with van der Waals surface area (Å²) in [7, 11) is 1.72. The molecule has 1 saturated heterocycles. The average molecular weight is 354 g/mol. The minimum absolute atomic E-state index is 0.197. The highest BCUT2D eigenvalue weighted by molar-refractivity contribution is 5.51. The van der Waals surface area contributed by atoms with Crippen LogP contribution < -0.4 is 19.7 Å². The summed E-state index contributed by atoms with van der Waals surface area (Å²) in [6, 6.07) is 16.6. The minimum Gasteiger partial charge on any atom is -0.497 e. The molecule has 1 atom stereocenters. The lowest BCUT2D eigenvalue weighted by Gasteiger charge is -2.20. The van der Waals surface area contributed by atoms with Crippen LogP contribution in [-0.4, -0.2) is 32.8 Å². The van der Waals surface area contributed by atoms with Gasteiger partial charge < -0.3 is 19.7 Å². The maximum Gasteiger partial charge on any atom is 0.124 e. The quantitative estimate of drug-likeness (QED) is 0.774. The lowest BCUT2D eigenvalue weighted by Crippen LogP contribution is -2.26. The van der Waals surface area contributed by atoms with Crippen LogP contribution in [0.4, 0.5) is 5.69 Å². The summed E-state index contributed by atoms with van der Waals surface area (Å²) < 4.78 is 11.2. The van der Waals surface area contributed by atoms with Crippen LogP contribution >= 0.6 is 0 Å². The molecule has 4 heteroatoms. The molecule has 0 aromatic heterocycles. The molecular weight excluding hydrogens is 324 g/mol. The first kappa shape index (κ1) is 18.6. The second kappa shape index (κ2) is 8.95. The van der Waals surface area contributed by atoms with Gasteiger partial charge in [0, 0.05) is 43.5 Å². The van der Waals surface area contributed by atoms with Crippen molar-refractivity contribution >= 4 is 5.69 Å². The zero-order chi connectivity index (χ0) is 18.4. The topological polar surface area (TPSA) is 33.7 Å². The molecule has 0 radical (unpaired) electrons. The van der Waals surface area contributed by atoms with E-state index in [1.54, 1.807) is 7.11 Å². The number of hydrogen-bond acceptors (Lipinski definition) is 4. The molecule has 1 N–H and O–H groups in total. The number of para-hydroxylation sites is 1. The Morgan fingerprint density at radius 3 is 2.81 bits per heavy atom. The fourth-order valence-electron chi connectivity index (χ4n) is 3.47. The summed E-state index contributed by atoms with van der Waals surface area (Å²) in [5.74, 6) is 2.57. The van der Waals surface area contributed by atoms with Crippen LogP contribution in [0.1, 0.15) is 25.8 Å². The third kappa shape index (κ3) is 4.92. The van der Waals surface area contributed by atoms with Gasteiger partial charge >= 0.3 is 0 Å². The zero-order valence-corrected chi connectivity index (χ0v) is 16.1. The Bertz CT molecular complexity index is 702. The number of ether oxygens (including phenoxy) is 2. The molecule has 0 spiro atoms. The van der Waals surface area contributed by atoms with Crippen molar-refractivity contribution in [1.29, 1.82) is 0 Å². The molecule has 0 amide bonds. The lowest BCUT2D eigenvalue weighted by molar-refractivity contribution is 0.239. The fraction of sp³-hybridized carbons (Fsp3) is 0.455. The number of nitrogens with one attached hydrogen (secondary N) is 1. The van der Waals surface area contributed by atoms with E-state index >= 15 is 0 Å². The first-order valence-electron chi connectivity index (χ1n) is 9.50. The average Bonchev–Trinajstić information content (AvgIpc) is 3.12. The van der Waals surface area contributed by atoms with E-state index in [4.69, 9.17) is 9.47 Å². The van der Waals surface area contributed by atoms with Crippen LogP contribution in [0.2, 0.25) is 0 Å². The van der Waals surface area contributed by atoms with Crippen LogP contribution in [0.15, 0.2) is 48.5 Å². The van der Waals surface area contributed by atoms with Crippen molar-refractivity contribution in [2.45, 2.75) is 32.9 Å². The smallest absolute Gasteiger partial charge is 0.124 e. The Morgan fingerprint density at radius 2 is 2.00 bits per heavy atom. The van der Waals surface area contributed by atoms with Crippen LogP contribution in [0.5, 0.6) is 11.5 Å². The molecule has 0 saturated carbocycles. The van der Waals surface area contributed by atoms with E-state index in [2.05, 4.69) is 60.5 Å². The summed E-state index contributed by atoms with van der Waals surface area (Å²) in [6.45, 7) is 8.19. The second-order valence-electron chi connectivity index (χ2n) is 7.21. The zero-order valence-electron chi connectivity index (χ0n) is 16.1. The highest BCUT2D eigenvalue weighted by Crippen LogP contribution is 2.27. The largest absolute Gasteiger partial charge is 0.497 e. The maximum absolute atomic E-state index is 5.90. The first-order chi connectivity index (χ1) is 12.7. The summed E-state index contributed by atoms with van der Waals surface area (Å²) in [5.41, 5.74) is 2.48. The standard InChI is InChI=1S/C22H30N2O2/c1-17(2)26-22-10-5-4-7-19(22)15-23-14-18-11-12-24(16-18)20-8-6-9-21(13-20)25-3/h4-10,13,17-18,23H,11-12,14-16H2,1-3H3/t18-/m0/s1. The van der Waals surface area contributed by atoms with Gasteiger partial charge in [0.25, 0.3) is 0 Å². The van der Waals surface area contributed by atoms with E-state index in [9.17, 15) is 0 Å². The number of benzene rings is 2. The van der Waals surface area contributed by atoms with Crippen LogP contribution in [0, 0.1) is 5.92 Å². The van der Waals surface area contributed by atoms with Gasteiger partial charge in [0.15, 0.2) is 0 Å². The van der Waals surface area contributed by atoms with Gasteiger partial charge in [0.2, 0.25) is 0 Å². The third-order valence-corrected chi connectivity index (χ3v) is 4.79. The fourth-order valence-corrected chi connectivity index (χ4v) is 3.47. The van der Waals surface area contributed by atoms with Gasteiger partial charge in [-0.05, 0) is 44.4 Å². The van der Waals surface area contributed by atoms with Crippen LogP contribution in [0.3, 0.4) is 0 Å². The Balaban J connectivity index is 1.49. The van der Waals surface area contributed by atoms with E-state index < -0.39 is 0 Å². The van der Waals surface area contributed by atoms with Gasteiger partial charge in [0.05, 0.1) is 13.2 Å². The Kier molecular flexibility index (Phi) is 6.40. The van der Waals surface area contributed by atoms with E-state index in [-0.39, 0.29) is 6.10 Å². The van der Waals surface area contributed by atoms with Crippen molar-refractivity contribution in [2.24, 2.45) is 5.92 Å². The van der Waals surface area contributed by atoms with Crippen LogP contribution in [-0.2, 0) is 6.54 Å².